The lowest BCUT2D eigenvalue weighted by Crippen LogP contribution is -2.22. The lowest BCUT2D eigenvalue weighted by Gasteiger charge is -2.24. The Morgan fingerprint density at radius 2 is 2.00 bits per heavy atom. The number of nitrogens with two attached hydrogens (primary N) is 1. The van der Waals surface area contributed by atoms with E-state index >= 15 is 0 Å². The molecule has 0 aromatic heterocycles. The Kier molecular flexibility index (Phi) is 2.88. The summed E-state index contributed by atoms with van der Waals surface area (Å²) in [6.07, 6.45) is 2.99. The molecular formula is C11H14FNO2S. The van der Waals surface area contributed by atoms with Crippen LogP contribution in [0.4, 0.5) is 10.1 Å². The Morgan fingerprint density at radius 1 is 1.31 bits per heavy atom. The Balaban J connectivity index is 2.27. The fourth-order valence-corrected chi connectivity index (χ4v) is 3.58. The van der Waals surface area contributed by atoms with Gasteiger partial charge in [0.1, 0.15) is 5.82 Å². The zero-order valence-electron chi connectivity index (χ0n) is 8.82. The number of rotatable bonds is 3. The van der Waals surface area contributed by atoms with Crippen molar-refractivity contribution in [2.45, 2.75) is 24.2 Å². The lowest BCUT2D eigenvalue weighted by molar-refractivity contribution is 0.347. The number of nitrogen functional groups attached to an aromatic ring is 1. The summed E-state index contributed by atoms with van der Waals surface area (Å²) in [5, 5.41) is 0. The van der Waals surface area contributed by atoms with Crippen LogP contribution in [0.25, 0.3) is 0 Å². The molecule has 1 saturated carbocycles. The lowest BCUT2D eigenvalue weighted by atomic mass is 9.87. The maximum Gasteiger partial charge on any atom is 0.178 e. The maximum atomic E-state index is 13.0. The molecule has 1 aromatic rings. The van der Waals surface area contributed by atoms with Crippen LogP contribution in [0.5, 0.6) is 0 Å². The third-order valence-corrected chi connectivity index (χ3v) is 4.80. The molecular weight excluding hydrogens is 229 g/mol. The van der Waals surface area contributed by atoms with Gasteiger partial charge in [0.25, 0.3) is 0 Å². The highest BCUT2D eigenvalue weighted by Crippen LogP contribution is 2.30. The highest BCUT2D eigenvalue weighted by molar-refractivity contribution is 7.91. The van der Waals surface area contributed by atoms with E-state index < -0.39 is 15.7 Å². The molecule has 0 amide bonds. The summed E-state index contributed by atoms with van der Waals surface area (Å²) in [4.78, 5) is -0.00287. The summed E-state index contributed by atoms with van der Waals surface area (Å²) < 4.78 is 36.9. The van der Waals surface area contributed by atoms with Crippen LogP contribution < -0.4 is 5.73 Å². The molecule has 0 saturated heterocycles. The zero-order chi connectivity index (χ0) is 11.8. The quantitative estimate of drug-likeness (QED) is 0.826. The first-order valence-electron chi connectivity index (χ1n) is 5.26. The van der Waals surface area contributed by atoms with Crippen molar-refractivity contribution in [2.24, 2.45) is 5.92 Å². The number of hydrogen-bond donors (Lipinski definition) is 1. The Bertz CT molecular complexity index is 474. The molecule has 1 aromatic carbocycles. The zero-order valence-corrected chi connectivity index (χ0v) is 9.63. The summed E-state index contributed by atoms with van der Waals surface area (Å²) in [6, 6.07) is 3.46. The summed E-state index contributed by atoms with van der Waals surface area (Å²) in [5.74, 6) is -0.266. The standard InChI is InChI=1S/C11H14FNO2S/c12-9-4-10(13)6-11(5-9)16(14,15)7-8-2-1-3-8/h4-6,8H,1-3,7,13H2. The molecule has 2 rings (SSSR count). The van der Waals surface area contributed by atoms with E-state index in [9.17, 15) is 12.8 Å². The molecule has 5 heteroatoms. The minimum absolute atomic E-state index is 0.00287. The number of benzene rings is 1. The smallest absolute Gasteiger partial charge is 0.178 e. The average Bonchev–Trinajstić information content (AvgIpc) is 2.10. The molecule has 0 atom stereocenters. The van der Waals surface area contributed by atoms with E-state index in [4.69, 9.17) is 5.73 Å². The van der Waals surface area contributed by atoms with Crippen LogP contribution in [0.3, 0.4) is 0 Å². The fraction of sp³-hybridized carbons (Fsp3) is 0.455. The van der Waals surface area contributed by atoms with Crippen LogP contribution in [-0.4, -0.2) is 14.2 Å². The molecule has 2 N–H and O–H groups in total. The van der Waals surface area contributed by atoms with Gasteiger partial charge in [-0.05, 0) is 37.0 Å². The topological polar surface area (TPSA) is 60.2 Å². The molecule has 1 aliphatic rings. The summed E-state index contributed by atoms with van der Waals surface area (Å²) in [5.41, 5.74) is 5.57. The SMILES string of the molecule is Nc1cc(F)cc(S(=O)(=O)CC2CCC2)c1. The van der Waals surface area contributed by atoms with E-state index in [2.05, 4.69) is 0 Å². The van der Waals surface area contributed by atoms with Crippen molar-refractivity contribution < 1.29 is 12.8 Å². The average molecular weight is 243 g/mol. The number of halogens is 1. The molecule has 88 valence electrons. The van der Waals surface area contributed by atoms with Crippen LogP contribution in [0.1, 0.15) is 19.3 Å². The van der Waals surface area contributed by atoms with Crippen molar-refractivity contribution >= 4 is 15.5 Å². The van der Waals surface area contributed by atoms with Gasteiger partial charge in [-0.15, -0.1) is 0 Å². The van der Waals surface area contributed by atoms with Gasteiger partial charge in [0, 0.05) is 5.69 Å². The molecule has 16 heavy (non-hydrogen) atoms. The number of anilines is 1. The molecule has 0 spiro atoms. The normalized spacial score (nSPS) is 17.1. The van der Waals surface area contributed by atoms with E-state index in [1.165, 1.54) is 6.07 Å². The van der Waals surface area contributed by atoms with Crippen molar-refractivity contribution in [3.63, 3.8) is 0 Å². The number of hydrogen-bond acceptors (Lipinski definition) is 3. The minimum atomic E-state index is -3.39. The predicted molar refractivity (Wildman–Crippen MR) is 60.2 cm³/mol. The molecule has 0 bridgehead atoms. The molecule has 0 unspecified atom stereocenters. The predicted octanol–water partition coefficient (Wildman–Crippen LogP) is 1.98. The van der Waals surface area contributed by atoms with E-state index in [-0.39, 0.29) is 22.3 Å². The number of sulfone groups is 1. The van der Waals surface area contributed by atoms with Gasteiger partial charge in [0.2, 0.25) is 0 Å². The largest absolute Gasteiger partial charge is 0.399 e. The Hall–Kier alpha value is -1.10. The van der Waals surface area contributed by atoms with Crippen LogP contribution in [0, 0.1) is 11.7 Å². The first kappa shape index (κ1) is 11.4. The summed E-state index contributed by atoms with van der Waals surface area (Å²) in [7, 11) is -3.39. The maximum absolute atomic E-state index is 13.0. The van der Waals surface area contributed by atoms with E-state index in [1.54, 1.807) is 0 Å². The van der Waals surface area contributed by atoms with Crippen molar-refractivity contribution in [1.82, 2.24) is 0 Å². The van der Waals surface area contributed by atoms with Crippen LogP contribution in [-0.2, 0) is 9.84 Å². The van der Waals surface area contributed by atoms with Gasteiger partial charge < -0.3 is 5.73 Å². The highest BCUT2D eigenvalue weighted by atomic mass is 32.2. The fourth-order valence-electron chi connectivity index (χ4n) is 1.83. The van der Waals surface area contributed by atoms with Crippen molar-refractivity contribution in [1.29, 1.82) is 0 Å². The summed E-state index contributed by atoms with van der Waals surface area (Å²) in [6.45, 7) is 0. The molecule has 0 aliphatic heterocycles. The molecule has 1 fully saturated rings. The van der Waals surface area contributed by atoms with Gasteiger partial charge in [-0.2, -0.15) is 0 Å². The second-order valence-corrected chi connectivity index (χ2v) is 6.33. The minimum Gasteiger partial charge on any atom is -0.399 e. The third-order valence-electron chi connectivity index (χ3n) is 2.93. The Morgan fingerprint density at radius 3 is 2.50 bits per heavy atom. The molecule has 3 nitrogen and oxygen atoms in total. The van der Waals surface area contributed by atoms with Crippen molar-refractivity contribution in [3.8, 4) is 0 Å². The Labute approximate surface area is 94.4 Å². The van der Waals surface area contributed by atoms with Crippen LogP contribution >= 0.6 is 0 Å². The monoisotopic (exact) mass is 243 g/mol. The first-order chi connectivity index (χ1) is 7.47. The molecule has 0 heterocycles. The van der Waals surface area contributed by atoms with Gasteiger partial charge in [0.15, 0.2) is 9.84 Å². The third kappa shape index (κ3) is 2.35. The van der Waals surface area contributed by atoms with Gasteiger partial charge in [0.05, 0.1) is 10.6 Å². The van der Waals surface area contributed by atoms with Gasteiger partial charge in [-0.25, -0.2) is 12.8 Å². The van der Waals surface area contributed by atoms with Crippen LogP contribution in [0.2, 0.25) is 0 Å². The molecule has 1 aliphatic carbocycles. The van der Waals surface area contributed by atoms with E-state index in [1.807, 2.05) is 0 Å². The molecule has 0 radical (unpaired) electrons. The first-order valence-corrected chi connectivity index (χ1v) is 6.91. The van der Waals surface area contributed by atoms with Crippen LogP contribution in [0.15, 0.2) is 23.1 Å². The highest BCUT2D eigenvalue weighted by Gasteiger charge is 2.26. The van der Waals surface area contributed by atoms with Crippen molar-refractivity contribution in [2.75, 3.05) is 11.5 Å². The summed E-state index contributed by atoms with van der Waals surface area (Å²) >= 11 is 0. The van der Waals surface area contributed by atoms with Crippen molar-refractivity contribution in [3.05, 3.63) is 24.0 Å². The van der Waals surface area contributed by atoms with Gasteiger partial charge in [-0.3, -0.25) is 0 Å². The second kappa shape index (κ2) is 4.05. The van der Waals surface area contributed by atoms with E-state index in [0.717, 1.165) is 31.4 Å². The van der Waals surface area contributed by atoms with E-state index in [0.29, 0.717) is 0 Å². The van der Waals surface area contributed by atoms with Gasteiger partial charge in [-0.1, -0.05) is 6.42 Å². The second-order valence-electron chi connectivity index (χ2n) is 4.30. The van der Waals surface area contributed by atoms with Gasteiger partial charge >= 0.3 is 0 Å².